The number of aryl methyl sites for hydroxylation is 1. The molecule has 168 valence electrons. The molecule has 3 rings (SSSR count). The van der Waals surface area contributed by atoms with E-state index < -0.39 is 5.91 Å². The summed E-state index contributed by atoms with van der Waals surface area (Å²) < 4.78 is 11.5. The van der Waals surface area contributed by atoms with Crippen molar-refractivity contribution in [1.82, 2.24) is 10.4 Å². The molecule has 1 aliphatic rings. The summed E-state index contributed by atoms with van der Waals surface area (Å²) in [6.45, 7) is 4.71. The van der Waals surface area contributed by atoms with Crippen molar-refractivity contribution in [3.05, 3.63) is 64.1 Å². The second-order valence-electron chi connectivity index (χ2n) is 7.29. The lowest BCUT2D eigenvalue weighted by atomic mass is 10.1. The van der Waals surface area contributed by atoms with E-state index in [0.717, 1.165) is 47.2 Å². The Labute approximate surface area is 197 Å². The van der Waals surface area contributed by atoms with E-state index in [2.05, 4.69) is 12.3 Å². The molecule has 8 heteroatoms. The fraction of sp³-hybridized carbons (Fsp3) is 0.292. The predicted molar refractivity (Wildman–Crippen MR) is 132 cm³/mol. The Kier molecular flexibility index (Phi) is 8.30. The Morgan fingerprint density at radius 3 is 2.59 bits per heavy atom. The number of hydrogen-bond donors (Lipinski definition) is 1. The summed E-state index contributed by atoms with van der Waals surface area (Å²) in [6.07, 6.45) is 4.95. The third kappa shape index (κ3) is 5.89. The number of hydrazine groups is 1. The quantitative estimate of drug-likeness (QED) is 0.312. The Morgan fingerprint density at radius 1 is 1.16 bits per heavy atom. The van der Waals surface area contributed by atoms with Crippen LogP contribution in [0.5, 0.6) is 11.5 Å². The summed E-state index contributed by atoms with van der Waals surface area (Å²) in [6, 6.07) is 12.6. The van der Waals surface area contributed by atoms with Crippen LogP contribution < -0.4 is 14.9 Å². The average Bonchev–Trinajstić information content (AvgIpc) is 3.05. The lowest BCUT2D eigenvalue weighted by Crippen LogP contribution is -2.44. The number of ether oxygens (including phenoxy) is 2. The van der Waals surface area contributed by atoms with Crippen LogP contribution in [0.2, 0.25) is 0 Å². The van der Waals surface area contributed by atoms with Crippen molar-refractivity contribution in [3.63, 3.8) is 0 Å². The zero-order valence-corrected chi connectivity index (χ0v) is 20.0. The number of carbonyl (C=O) groups excluding carboxylic acids is 2. The van der Waals surface area contributed by atoms with Gasteiger partial charge in [-0.15, -0.1) is 0 Å². The minimum absolute atomic E-state index is 0.268. The van der Waals surface area contributed by atoms with Crippen LogP contribution >= 0.6 is 24.0 Å². The fourth-order valence-corrected chi connectivity index (χ4v) is 4.19. The number of thioether (sulfide) groups is 1. The molecular formula is C24H26N2O4S2. The van der Waals surface area contributed by atoms with Gasteiger partial charge in [-0.1, -0.05) is 55.3 Å². The molecule has 2 aromatic rings. The van der Waals surface area contributed by atoms with Crippen LogP contribution in [0.15, 0.2) is 47.4 Å². The van der Waals surface area contributed by atoms with E-state index in [1.807, 2.05) is 37.3 Å². The van der Waals surface area contributed by atoms with Gasteiger partial charge in [0.15, 0.2) is 15.8 Å². The molecule has 0 saturated carbocycles. The number of thiocarbonyl (C=S) groups is 1. The zero-order chi connectivity index (χ0) is 23.1. The molecule has 2 aromatic carbocycles. The van der Waals surface area contributed by atoms with Crippen molar-refractivity contribution in [2.45, 2.75) is 33.1 Å². The molecule has 6 nitrogen and oxygen atoms in total. The smallest absolute Gasteiger partial charge is 0.285 e. The summed E-state index contributed by atoms with van der Waals surface area (Å²) in [5, 5.41) is 1.11. The normalized spacial score (nSPS) is 14.7. The van der Waals surface area contributed by atoms with Crippen LogP contribution in [-0.4, -0.2) is 34.9 Å². The van der Waals surface area contributed by atoms with E-state index in [1.54, 1.807) is 25.3 Å². The minimum atomic E-state index is -0.395. The van der Waals surface area contributed by atoms with Gasteiger partial charge in [-0.25, -0.2) is 0 Å². The number of nitrogens with zero attached hydrogens (tertiary/aromatic N) is 1. The molecule has 0 radical (unpaired) electrons. The van der Waals surface area contributed by atoms with E-state index in [4.69, 9.17) is 21.7 Å². The van der Waals surface area contributed by atoms with Crippen molar-refractivity contribution < 1.29 is 19.1 Å². The Bertz CT molecular complexity index is 1030. The summed E-state index contributed by atoms with van der Waals surface area (Å²) >= 11 is 6.44. The summed E-state index contributed by atoms with van der Waals surface area (Å²) in [4.78, 5) is 25.8. The van der Waals surface area contributed by atoms with Crippen molar-refractivity contribution in [3.8, 4) is 11.5 Å². The predicted octanol–water partition coefficient (Wildman–Crippen LogP) is 5.12. The maximum atomic E-state index is 12.8. The number of nitrogens with one attached hydrogen (secondary N) is 1. The molecule has 0 unspecified atom stereocenters. The van der Waals surface area contributed by atoms with E-state index in [9.17, 15) is 9.59 Å². The van der Waals surface area contributed by atoms with Crippen molar-refractivity contribution in [1.29, 1.82) is 0 Å². The number of hydrogen-bond acceptors (Lipinski definition) is 6. The van der Waals surface area contributed by atoms with Gasteiger partial charge in [0.2, 0.25) is 0 Å². The van der Waals surface area contributed by atoms with Crippen LogP contribution in [0.25, 0.3) is 6.08 Å². The average molecular weight is 471 g/mol. The third-order valence-corrected chi connectivity index (χ3v) is 6.11. The third-order valence-electron chi connectivity index (χ3n) is 4.81. The van der Waals surface area contributed by atoms with E-state index in [1.165, 1.54) is 0 Å². The van der Waals surface area contributed by atoms with Gasteiger partial charge in [0, 0.05) is 5.56 Å². The highest BCUT2D eigenvalue weighted by Gasteiger charge is 2.33. The van der Waals surface area contributed by atoms with Crippen molar-refractivity contribution >= 4 is 46.2 Å². The van der Waals surface area contributed by atoms with Gasteiger partial charge >= 0.3 is 0 Å². The van der Waals surface area contributed by atoms with E-state index in [0.29, 0.717) is 28.6 Å². The maximum Gasteiger partial charge on any atom is 0.285 e. The zero-order valence-electron chi connectivity index (χ0n) is 18.3. The lowest BCUT2D eigenvalue weighted by molar-refractivity contribution is -0.123. The molecule has 0 spiro atoms. The molecule has 1 fully saturated rings. The first-order valence-electron chi connectivity index (χ1n) is 10.4. The molecule has 1 aliphatic heterocycles. The van der Waals surface area contributed by atoms with Gasteiger partial charge in [0.25, 0.3) is 11.8 Å². The van der Waals surface area contributed by atoms with Crippen LogP contribution in [0.4, 0.5) is 0 Å². The SMILES string of the molecule is CCCCCOc1ccc(/C=C2\SC(=S)N(NC(=O)c3ccc(C)cc3)C2=O)cc1OC. The Morgan fingerprint density at radius 2 is 1.91 bits per heavy atom. The fourth-order valence-electron chi connectivity index (χ4n) is 3.01. The minimum Gasteiger partial charge on any atom is -0.493 e. The first kappa shape index (κ1) is 23.8. The lowest BCUT2D eigenvalue weighted by Gasteiger charge is -2.15. The standard InChI is InChI=1S/C24H26N2O4S2/c1-4-5-6-13-30-19-12-9-17(14-20(19)29-3)15-21-23(28)26(24(31)32-21)25-22(27)18-10-7-16(2)8-11-18/h7-12,14-15H,4-6,13H2,1-3H3,(H,25,27)/b21-15-. The second-order valence-corrected chi connectivity index (χ2v) is 8.97. The first-order valence-corrected chi connectivity index (χ1v) is 11.6. The van der Waals surface area contributed by atoms with Crippen LogP contribution in [-0.2, 0) is 4.79 Å². The molecular weight excluding hydrogens is 444 g/mol. The van der Waals surface area contributed by atoms with Crippen LogP contribution in [0.1, 0.15) is 47.7 Å². The van der Waals surface area contributed by atoms with Crippen LogP contribution in [0, 0.1) is 6.92 Å². The number of carbonyl (C=O) groups is 2. The molecule has 0 aromatic heterocycles. The highest BCUT2D eigenvalue weighted by atomic mass is 32.2. The van der Waals surface area contributed by atoms with E-state index >= 15 is 0 Å². The molecule has 2 amide bonds. The molecule has 1 heterocycles. The second kappa shape index (κ2) is 11.2. The van der Waals surface area contributed by atoms with Gasteiger partial charge in [0.1, 0.15) is 0 Å². The van der Waals surface area contributed by atoms with Crippen molar-refractivity contribution in [2.24, 2.45) is 0 Å². The molecule has 1 saturated heterocycles. The molecule has 0 aliphatic carbocycles. The summed E-state index contributed by atoms with van der Waals surface area (Å²) in [5.74, 6) is 0.491. The first-order chi connectivity index (χ1) is 15.4. The van der Waals surface area contributed by atoms with Gasteiger partial charge in [-0.05, 0) is 61.5 Å². The Hall–Kier alpha value is -2.84. The molecule has 0 atom stereocenters. The van der Waals surface area contributed by atoms with Crippen LogP contribution in [0.3, 0.4) is 0 Å². The monoisotopic (exact) mass is 470 g/mol. The Balaban J connectivity index is 1.70. The van der Waals surface area contributed by atoms with Crippen molar-refractivity contribution in [2.75, 3.05) is 13.7 Å². The number of unbranched alkanes of at least 4 members (excludes halogenated alkanes) is 2. The maximum absolute atomic E-state index is 12.8. The summed E-state index contributed by atoms with van der Waals surface area (Å²) in [7, 11) is 1.58. The largest absolute Gasteiger partial charge is 0.493 e. The van der Waals surface area contributed by atoms with Gasteiger partial charge in [-0.3, -0.25) is 15.0 Å². The number of amides is 2. The number of rotatable bonds is 9. The van der Waals surface area contributed by atoms with Gasteiger partial charge in [-0.2, -0.15) is 5.01 Å². The molecule has 32 heavy (non-hydrogen) atoms. The summed E-state index contributed by atoms with van der Waals surface area (Å²) in [5.41, 5.74) is 4.86. The highest BCUT2D eigenvalue weighted by Crippen LogP contribution is 2.34. The molecule has 0 bridgehead atoms. The topological polar surface area (TPSA) is 67.9 Å². The molecule has 1 N–H and O–H groups in total. The number of methoxy groups -OCH3 is 1. The van der Waals surface area contributed by atoms with E-state index in [-0.39, 0.29) is 10.2 Å². The highest BCUT2D eigenvalue weighted by molar-refractivity contribution is 8.26. The number of benzene rings is 2. The van der Waals surface area contributed by atoms with Gasteiger partial charge in [0.05, 0.1) is 18.6 Å². The van der Waals surface area contributed by atoms with Gasteiger partial charge < -0.3 is 9.47 Å².